The van der Waals surface area contributed by atoms with Crippen LogP contribution in [-0.4, -0.2) is 90.1 Å². The first-order valence-electron chi connectivity index (χ1n) is 18.6. The number of rotatable bonds is 8. The Morgan fingerprint density at radius 1 is 1.02 bits per heavy atom. The van der Waals surface area contributed by atoms with Crippen molar-refractivity contribution < 1.29 is 27.5 Å². The van der Waals surface area contributed by atoms with Crippen molar-refractivity contribution in [2.45, 2.75) is 90.5 Å². The smallest absolute Gasteiger partial charge is 0.303 e. The number of ether oxygens (including phenoxy) is 2. The molecule has 1 saturated heterocycles. The molecule has 3 aliphatic rings. The second-order valence-electron chi connectivity index (χ2n) is 15.2. The predicted octanol–water partition coefficient (Wildman–Crippen LogP) is 6.48. The highest BCUT2D eigenvalue weighted by molar-refractivity contribution is 7.87. The number of hydrogen-bond donors (Lipinski definition) is 1. The molecule has 282 valence electrons. The zero-order chi connectivity index (χ0) is 37.8. The Morgan fingerprint density at radius 2 is 1.74 bits per heavy atom. The number of nitrogens with zero attached hydrogens (tertiary/aromatic N) is 5. The fourth-order valence-corrected chi connectivity index (χ4v) is 8.82. The highest BCUT2D eigenvalue weighted by atomic mass is 32.2. The molecule has 2 unspecified atom stereocenters. The number of hydrogen-bond acceptors (Lipinski definition) is 7. The van der Waals surface area contributed by atoms with Crippen LogP contribution >= 0.6 is 0 Å². The van der Waals surface area contributed by atoms with Gasteiger partial charge in [0.25, 0.3) is 11.8 Å². The Morgan fingerprint density at radius 3 is 2.40 bits per heavy atom. The molecule has 7 rings (SSSR count). The molecule has 4 heterocycles. The summed E-state index contributed by atoms with van der Waals surface area (Å²) in [5.74, 6) is 0.216. The van der Waals surface area contributed by atoms with E-state index >= 15 is 0 Å². The van der Waals surface area contributed by atoms with E-state index in [9.17, 15) is 18.0 Å². The molecule has 13 heteroatoms. The summed E-state index contributed by atoms with van der Waals surface area (Å²) in [6.45, 7) is 9.40. The monoisotopic (exact) mass is 742 g/mol. The number of amides is 2. The van der Waals surface area contributed by atoms with Crippen LogP contribution in [0.3, 0.4) is 0 Å². The van der Waals surface area contributed by atoms with Crippen LogP contribution in [0.4, 0.5) is 0 Å². The first-order valence-corrected chi connectivity index (χ1v) is 20.0. The van der Waals surface area contributed by atoms with E-state index < -0.39 is 16.1 Å². The number of allylic oxidation sites excluding steroid dienone is 1. The Hall–Kier alpha value is -4.46. The highest BCUT2D eigenvalue weighted by Crippen LogP contribution is 2.48. The largest absolute Gasteiger partial charge is 0.497 e. The van der Waals surface area contributed by atoms with Crippen molar-refractivity contribution in [3.05, 3.63) is 70.8 Å². The molecule has 4 aromatic rings. The molecule has 12 nitrogen and oxygen atoms in total. The summed E-state index contributed by atoms with van der Waals surface area (Å²) in [4.78, 5) is 34.9. The van der Waals surface area contributed by atoms with Gasteiger partial charge in [0.2, 0.25) is 0 Å². The first kappa shape index (κ1) is 36.9. The molecule has 1 aliphatic carbocycles. The number of carbonyl (C=O) groups is 2. The van der Waals surface area contributed by atoms with Gasteiger partial charge >= 0.3 is 10.2 Å². The molecular weight excluding hydrogens is 693 g/mol. The van der Waals surface area contributed by atoms with Crippen LogP contribution in [0.25, 0.3) is 33.8 Å². The van der Waals surface area contributed by atoms with E-state index in [1.54, 1.807) is 25.6 Å². The minimum absolute atomic E-state index is 0.0229. The average molecular weight is 743 g/mol. The van der Waals surface area contributed by atoms with Crippen LogP contribution in [0, 0.1) is 0 Å². The topological polar surface area (TPSA) is 128 Å². The molecule has 53 heavy (non-hydrogen) atoms. The number of methoxy groups -OCH3 is 1. The van der Waals surface area contributed by atoms with E-state index in [1.165, 1.54) is 26.1 Å². The summed E-state index contributed by atoms with van der Waals surface area (Å²) in [5, 5.41) is 1.03. The van der Waals surface area contributed by atoms with Crippen LogP contribution in [-0.2, 0) is 21.5 Å². The zero-order valence-corrected chi connectivity index (χ0v) is 32.5. The van der Waals surface area contributed by atoms with E-state index in [2.05, 4.69) is 21.4 Å². The van der Waals surface area contributed by atoms with Crippen molar-refractivity contribution in [2.75, 3.05) is 34.3 Å². The predicted molar refractivity (Wildman–Crippen MR) is 206 cm³/mol. The number of aromatic nitrogens is 3. The minimum Gasteiger partial charge on any atom is -0.497 e. The maximum atomic E-state index is 14.6. The third kappa shape index (κ3) is 6.90. The molecule has 1 N–H and O–H groups in total. The van der Waals surface area contributed by atoms with Gasteiger partial charge in [0, 0.05) is 60.8 Å². The van der Waals surface area contributed by atoms with E-state index in [-0.39, 0.29) is 29.7 Å². The fourth-order valence-electron chi connectivity index (χ4n) is 8.29. The second kappa shape index (κ2) is 14.4. The van der Waals surface area contributed by atoms with E-state index in [4.69, 9.17) is 14.5 Å². The standard InChI is InChI=1S/C40H50N6O6S/c1-24(2)46-23-41-36(38(46)40(48)44-20-25(3)52-26(4)21-44)30-17-29-18-31(51-7)14-16-32(29)37-35(27-11-9-8-10-12-27)33-15-13-28(19-34(33)45(37)22-30)39(47)42-53(49,50)43(5)6/h13-19,23-27H,8-12,20-22H2,1-7H3,(H,42,47). The maximum Gasteiger partial charge on any atom is 0.303 e. The van der Waals surface area contributed by atoms with Crippen molar-refractivity contribution in [3.8, 4) is 17.0 Å². The van der Waals surface area contributed by atoms with Crippen molar-refractivity contribution >= 4 is 44.6 Å². The van der Waals surface area contributed by atoms with E-state index in [0.29, 0.717) is 42.7 Å². The summed E-state index contributed by atoms with van der Waals surface area (Å²) >= 11 is 0. The van der Waals surface area contributed by atoms with Crippen molar-refractivity contribution in [3.63, 3.8) is 0 Å². The van der Waals surface area contributed by atoms with Crippen LogP contribution in [0.1, 0.15) is 109 Å². The number of fused-ring (bicyclic) bond motifs is 5. The molecule has 0 spiro atoms. The molecule has 2 aliphatic heterocycles. The lowest BCUT2D eigenvalue weighted by Crippen LogP contribution is -2.48. The summed E-state index contributed by atoms with van der Waals surface area (Å²) in [5.41, 5.74) is 7.27. The molecule has 2 aromatic heterocycles. The molecular formula is C40H50N6O6S. The molecule has 2 atom stereocenters. The summed E-state index contributed by atoms with van der Waals surface area (Å²) in [6.07, 6.45) is 9.26. The minimum atomic E-state index is -4.01. The van der Waals surface area contributed by atoms with Gasteiger partial charge in [0.1, 0.15) is 11.4 Å². The van der Waals surface area contributed by atoms with Gasteiger partial charge in [-0.3, -0.25) is 9.59 Å². The number of carbonyl (C=O) groups excluding carboxylic acids is 2. The lowest BCUT2D eigenvalue weighted by molar-refractivity contribution is -0.0588. The molecule has 2 amide bonds. The molecule has 2 fully saturated rings. The normalized spacial score (nSPS) is 19.6. The fraction of sp³-hybridized carbons (Fsp3) is 0.475. The number of benzene rings is 2. The third-order valence-electron chi connectivity index (χ3n) is 10.8. The molecule has 0 radical (unpaired) electrons. The van der Waals surface area contributed by atoms with Gasteiger partial charge in [-0.05, 0) is 94.0 Å². The van der Waals surface area contributed by atoms with E-state index in [0.717, 1.165) is 63.3 Å². The Kier molecular flexibility index (Phi) is 10.0. The van der Waals surface area contributed by atoms with Gasteiger partial charge < -0.3 is 23.5 Å². The van der Waals surface area contributed by atoms with Gasteiger partial charge in [-0.25, -0.2) is 9.71 Å². The van der Waals surface area contributed by atoms with Crippen molar-refractivity contribution in [2.24, 2.45) is 0 Å². The van der Waals surface area contributed by atoms with Crippen molar-refractivity contribution in [1.82, 2.24) is 28.0 Å². The van der Waals surface area contributed by atoms with Gasteiger partial charge in [-0.15, -0.1) is 0 Å². The SMILES string of the molecule is COc1ccc2c(c1)C=C(c1ncn(C(C)C)c1C(=O)N1CC(C)OC(C)C1)Cn1c-2c(C2CCCCC2)c2ccc(C(=O)NS(=O)(=O)N(C)C)cc21. The summed E-state index contributed by atoms with van der Waals surface area (Å²) < 4.78 is 44.4. The van der Waals surface area contributed by atoms with Crippen molar-refractivity contribution in [1.29, 1.82) is 0 Å². The number of morpholine rings is 1. The highest BCUT2D eigenvalue weighted by Gasteiger charge is 2.35. The number of imidazole rings is 1. The zero-order valence-electron chi connectivity index (χ0n) is 31.7. The summed E-state index contributed by atoms with van der Waals surface area (Å²) in [7, 11) is 0.402. The van der Waals surface area contributed by atoms with Crippen LogP contribution in [0.5, 0.6) is 5.75 Å². The average Bonchev–Trinajstić information content (AvgIpc) is 3.66. The maximum absolute atomic E-state index is 14.6. The van der Waals surface area contributed by atoms with Gasteiger partial charge in [0.15, 0.2) is 0 Å². The lowest BCUT2D eigenvalue weighted by Gasteiger charge is -2.35. The molecule has 1 saturated carbocycles. The number of nitrogens with one attached hydrogen (secondary N) is 1. The Bertz CT molecular complexity index is 2200. The second-order valence-corrected chi connectivity index (χ2v) is 17.1. The summed E-state index contributed by atoms with van der Waals surface area (Å²) in [6, 6.07) is 11.6. The van der Waals surface area contributed by atoms with Gasteiger partial charge in [-0.1, -0.05) is 25.3 Å². The van der Waals surface area contributed by atoms with E-state index in [1.807, 2.05) is 55.4 Å². The molecule has 0 bridgehead atoms. The van der Waals surface area contributed by atoms with Crippen LogP contribution in [0.15, 0.2) is 42.7 Å². The Labute approximate surface area is 311 Å². The lowest BCUT2D eigenvalue weighted by atomic mass is 9.81. The van der Waals surface area contributed by atoms with Crippen LogP contribution in [0.2, 0.25) is 0 Å². The van der Waals surface area contributed by atoms with Crippen LogP contribution < -0.4 is 9.46 Å². The quantitative estimate of drug-likeness (QED) is 0.219. The Balaban J connectivity index is 1.46. The molecule has 2 aromatic carbocycles. The first-order chi connectivity index (χ1) is 25.3. The third-order valence-corrected chi connectivity index (χ3v) is 12.2. The van der Waals surface area contributed by atoms with Gasteiger partial charge in [-0.2, -0.15) is 12.7 Å². The van der Waals surface area contributed by atoms with Gasteiger partial charge in [0.05, 0.1) is 43.6 Å².